The molecule has 0 saturated carbocycles. The molecule has 1 aromatic carbocycles. The van der Waals surface area contributed by atoms with E-state index < -0.39 is 10.0 Å². The van der Waals surface area contributed by atoms with Crippen LogP contribution in [0.4, 0.5) is 11.4 Å². The van der Waals surface area contributed by atoms with Crippen LogP contribution in [0.2, 0.25) is 0 Å². The molecule has 106 valence electrons. The summed E-state index contributed by atoms with van der Waals surface area (Å²) < 4.78 is 24.4. The zero-order chi connectivity index (χ0) is 14.0. The van der Waals surface area contributed by atoms with Crippen LogP contribution in [-0.4, -0.2) is 38.1 Å². The summed E-state index contributed by atoms with van der Waals surface area (Å²) in [5.74, 6) is 0. The van der Waals surface area contributed by atoms with Gasteiger partial charge in [-0.05, 0) is 43.5 Å². The minimum atomic E-state index is -3.05. The Labute approximate surface area is 114 Å². The first-order valence-corrected chi connectivity index (χ1v) is 8.29. The Hall–Kier alpha value is -1.27. The molecule has 1 aromatic rings. The summed E-state index contributed by atoms with van der Waals surface area (Å²) in [4.78, 5) is 0. The summed E-state index contributed by atoms with van der Waals surface area (Å²) >= 11 is 0. The maximum absolute atomic E-state index is 11.4. The Balaban J connectivity index is 1.96. The van der Waals surface area contributed by atoms with Gasteiger partial charge >= 0.3 is 0 Å². The van der Waals surface area contributed by atoms with Gasteiger partial charge in [0.15, 0.2) is 0 Å². The average molecular weight is 283 g/mol. The third-order valence-electron chi connectivity index (χ3n) is 3.53. The molecule has 6 heteroatoms. The van der Waals surface area contributed by atoms with Crippen LogP contribution in [0, 0.1) is 6.92 Å². The van der Waals surface area contributed by atoms with Crippen molar-refractivity contribution in [2.24, 2.45) is 0 Å². The van der Waals surface area contributed by atoms with Gasteiger partial charge < -0.3 is 11.1 Å². The number of benzene rings is 1. The van der Waals surface area contributed by atoms with E-state index in [-0.39, 0.29) is 0 Å². The molecule has 0 aliphatic carbocycles. The molecular weight excluding hydrogens is 262 g/mol. The lowest BCUT2D eigenvalue weighted by Gasteiger charge is -2.31. The molecular formula is C13H21N3O2S. The van der Waals surface area contributed by atoms with Gasteiger partial charge in [0.05, 0.1) is 6.26 Å². The summed E-state index contributed by atoms with van der Waals surface area (Å²) in [5, 5.41) is 3.47. The molecule has 19 heavy (non-hydrogen) atoms. The number of aryl methyl sites for hydroxylation is 1. The maximum atomic E-state index is 11.4. The van der Waals surface area contributed by atoms with Crippen molar-refractivity contribution in [3.63, 3.8) is 0 Å². The minimum Gasteiger partial charge on any atom is -0.399 e. The van der Waals surface area contributed by atoms with Crippen molar-refractivity contribution in [2.45, 2.75) is 25.8 Å². The molecule has 0 aromatic heterocycles. The summed E-state index contributed by atoms with van der Waals surface area (Å²) in [6.45, 7) is 3.19. The highest BCUT2D eigenvalue weighted by molar-refractivity contribution is 7.88. The lowest BCUT2D eigenvalue weighted by Crippen LogP contribution is -2.41. The minimum absolute atomic E-state index is 0.320. The first kappa shape index (κ1) is 14.1. The fraction of sp³-hybridized carbons (Fsp3) is 0.538. The molecule has 0 amide bonds. The van der Waals surface area contributed by atoms with Crippen LogP contribution in [0.1, 0.15) is 18.4 Å². The zero-order valence-electron chi connectivity index (χ0n) is 11.4. The van der Waals surface area contributed by atoms with Gasteiger partial charge in [-0.1, -0.05) is 0 Å². The molecule has 1 fully saturated rings. The van der Waals surface area contributed by atoms with Crippen molar-refractivity contribution in [1.29, 1.82) is 0 Å². The molecule has 0 radical (unpaired) electrons. The molecule has 3 N–H and O–H groups in total. The van der Waals surface area contributed by atoms with Crippen molar-refractivity contribution in [2.75, 3.05) is 30.4 Å². The van der Waals surface area contributed by atoms with Crippen molar-refractivity contribution >= 4 is 21.4 Å². The van der Waals surface area contributed by atoms with E-state index in [0.29, 0.717) is 19.1 Å². The predicted molar refractivity (Wildman–Crippen MR) is 78.7 cm³/mol. The van der Waals surface area contributed by atoms with Crippen LogP contribution in [0.15, 0.2) is 18.2 Å². The Morgan fingerprint density at radius 2 is 1.95 bits per heavy atom. The number of sulfonamides is 1. The zero-order valence-corrected chi connectivity index (χ0v) is 12.2. The van der Waals surface area contributed by atoms with Crippen LogP contribution in [0.5, 0.6) is 0 Å². The maximum Gasteiger partial charge on any atom is 0.211 e. The summed E-state index contributed by atoms with van der Waals surface area (Å²) in [6, 6.07) is 6.11. The Morgan fingerprint density at radius 1 is 1.32 bits per heavy atom. The number of anilines is 2. The number of hydrogen-bond donors (Lipinski definition) is 2. The van der Waals surface area contributed by atoms with Crippen molar-refractivity contribution in [3.05, 3.63) is 23.8 Å². The molecule has 0 spiro atoms. The number of nitrogens with one attached hydrogen (secondary N) is 1. The van der Waals surface area contributed by atoms with Crippen LogP contribution >= 0.6 is 0 Å². The van der Waals surface area contributed by atoms with Crippen molar-refractivity contribution < 1.29 is 8.42 Å². The number of hydrogen-bond acceptors (Lipinski definition) is 4. The van der Waals surface area contributed by atoms with Crippen LogP contribution in [-0.2, 0) is 10.0 Å². The Kier molecular flexibility index (Phi) is 4.01. The molecule has 5 nitrogen and oxygen atoms in total. The summed E-state index contributed by atoms with van der Waals surface area (Å²) in [7, 11) is -3.05. The topological polar surface area (TPSA) is 75.4 Å². The van der Waals surface area contributed by atoms with Crippen molar-refractivity contribution in [3.8, 4) is 0 Å². The molecule has 1 aliphatic rings. The van der Waals surface area contributed by atoms with Gasteiger partial charge in [0.2, 0.25) is 10.0 Å². The smallest absolute Gasteiger partial charge is 0.211 e. The van der Waals surface area contributed by atoms with E-state index >= 15 is 0 Å². The van der Waals surface area contributed by atoms with Crippen LogP contribution in [0.25, 0.3) is 0 Å². The highest BCUT2D eigenvalue weighted by Crippen LogP contribution is 2.22. The quantitative estimate of drug-likeness (QED) is 0.823. The number of rotatable bonds is 3. The van der Waals surface area contributed by atoms with Gasteiger partial charge in [0.25, 0.3) is 0 Å². The second-order valence-corrected chi connectivity index (χ2v) is 7.14. The van der Waals surface area contributed by atoms with E-state index in [1.807, 2.05) is 25.1 Å². The van der Waals surface area contributed by atoms with E-state index in [1.165, 1.54) is 6.26 Å². The summed E-state index contributed by atoms with van der Waals surface area (Å²) in [6.07, 6.45) is 2.93. The summed E-state index contributed by atoms with van der Waals surface area (Å²) in [5.41, 5.74) is 8.68. The van der Waals surface area contributed by atoms with Gasteiger partial charge in [-0.15, -0.1) is 0 Å². The van der Waals surface area contributed by atoms with E-state index in [4.69, 9.17) is 5.73 Å². The largest absolute Gasteiger partial charge is 0.399 e. The molecule has 1 aliphatic heterocycles. The SMILES string of the molecule is Cc1cc(N)ccc1NC1CCN(S(C)(=O)=O)CC1. The first-order valence-electron chi connectivity index (χ1n) is 6.44. The van der Waals surface area contributed by atoms with Crippen LogP contribution in [0.3, 0.4) is 0 Å². The highest BCUT2D eigenvalue weighted by atomic mass is 32.2. The number of piperidine rings is 1. The van der Waals surface area contributed by atoms with E-state index in [0.717, 1.165) is 29.8 Å². The van der Waals surface area contributed by atoms with Gasteiger partial charge in [0, 0.05) is 30.5 Å². The van der Waals surface area contributed by atoms with Gasteiger partial charge in [-0.25, -0.2) is 12.7 Å². The number of nitrogens with zero attached hydrogens (tertiary/aromatic N) is 1. The Morgan fingerprint density at radius 3 is 2.47 bits per heavy atom. The normalized spacial score (nSPS) is 18.4. The predicted octanol–water partition coefficient (Wildman–Crippen LogP) is 1.41. The number of nitrogen functional groups attached to an aromatic ring is 1. The molecule has 1 saturated heterocycles. The third kappa shape index (κ3) is 3.61. The molecule has 2 rings (SSSR count). The van der Waals surface area contributed by atoms with Gasteiger partial charge in [-0.3, -0.25) is 0 Å². The highest BCUT2D eigenvalue weighted by Gasteiger charge is 2.24. The molecule has 0 unspecified atom stereocenters. The second kappa shape index (κ2) is 5.38. The first-order chi connectivity index (χ1) is 8.86. The van der Waals surface area contributed by atoms with E-state index in [9.17, 15) is 8.42 Å². The Bertz CT molecular complexity index is 549. The van der Waals surface area contributed by atoms with E-state index in [2.05, 4.69) is 5.32 Å². The monoisotopic (exact) mass is 283 g/mol. The molecule has 1 heterocycles. The molecule has 0 atom stereocenters. The standard InChI is InChI=1S/C13H21N3O2S/c1-10-9-11(14)3-4-13(10)15-12-5-7-16(8-6-12)19(2,17)18/h3-4,9,12,15H,5-8,14H2,1-2H3. The van der Waals surface area contributed by atoms with E-state index in [1.54, 1.807) is 4.31 Å². The number of nitrogens with two attached hydrogens (primary N) is 1. The average Bonchev–Trinajstić information content (AvgIpc) is 2.32. The van der Waals surface area contributed by atoms with Gasteiger partial charge in [-0.2, -0.15) is 0 Å². The lowest BCUT2D eigenvalue weighted by molar-refractivity contribution is 0.332. The third-order valence-corrected chi connectivity index (χ3v) is 4.84. The van der Waals surface area contributed by atoms with Gasteiger partial charge in [0.1, 0.15) is 0 Å². The fourth-order valence-electron chi connectivity index (χ4n) is 2.40. The second-order valence-electron chi connectivity index (χ2n) is 5.16. The lowest BCUT2D eigenvalue weighted by atomic mass is 10.1. The van der Waals surface area contributed by atoms with Crippen molar-refractivity contribution in [1.82, 2.24) is 4.31 Å². The molecule has 0 bridgehead atoms. The fourth-order valence-corrected chi connectivity index (χ4v) is 3.27. The van der Waals surface area contributed by atoms with Crippen LogP contribution < -0.4 is 11.1 Å².